The number of nitrogens with two attached hydrogens (primary N) is 1. The van der Waals surface area contributed by atoms with Crippen LogP contribution in [0.4, 0.5) is 0 Å². The third kappa shape index (κ3) is 4.03. The van der Waals surface area contributed by atoms with Crippen LogP contribution in [0.1, 0.15) is 12.0 Å². The molecule has 1 rings (SSSR count). The average molecular weight is 282 g/mol. The largest absolute Gasteiger partial charge is 0.493 e. The van der Waals surface area contributed by atoms with Crippen LogP contribution in [0.2, 0.25) is 0 Å². The molecule has 20 heavy (non-hydrogen) atoms. The summed E-state index contributed by atoms with van der Waals surface area (Å²) in [6, 6.07) is 3.59. The van der Waals surface area contributed by atoms with Crippen molar-refractivity contribution < 1.29 is 19.0 Å². The molecule has 0 atom stereocenters. The number of ether oxygens (including phenoxy) is 3. The van der Waals surface area contributed by atoms with E-state index in [9.17, 15) is 4.79 Å². The van der Waals surface area contributed by atoms with E-state index in [1.807, 2.05) is 0 Å². The van der Waals surface area contributed by atoms with Crippen LogP contribution in [0.15, 0.2) is 12.1 Å². The molecule has 6 heteroatoms. The molecule has 0 spiro atoms. The zero-order valence-electron chi connectivity index (χ0n) is 12.4. The van der Waals surface area contributed by atoms with Gasteiger partial charge < -0.3 is 24.8 Å². The topological polar surface area (TPSA) is 74.0 Å². The molecule has 0 aliphatic carbocycles. The lowest BCUT2D eigenvalue weighted by atomic mass is 10.2. The maximum Gasteiger partial charge on any atom is 0.225 e. The van der Waals surface area contributed by atoms with Gasteiger partial charge in [0.2, 0.25) is 11.7 Å². The highest BCUT2D eigenvalue weighted by Gasteiger charge is 2.14. The second kappa shape index (κ2) is 7.59. The van der Waals surface area contributed by atoms with Crippen LogP contribution >= 0.6 is 0 Å². The lowest BCUT2D eigenvalue weighted by Crippen LogP contribution is -2.23. The summed E-state index contributed by atoms with van der Waals surface area (Å²) in [5.41, 5.74) is 6.50. The number of rotatable bonds is 7. The number of amides is 1. The van der Waals surface area contributed by atoms with E-state index in [1.54, 1.807) is 40.4 Å². The van der Waals surface area contributed by atoms with Gasteiger partial charge in [0, 0.05) is 20.6 Å². The molecule has 0 bridgehead atoms. The van der Waals surface area contributed by atoms with E-state index in [-0.39, 0.29) is 18.9 Å². The Morgan fingerprint density at radius 1 is 1.20 bits per heavy atom. The number of hydrogen-bond donors (Lipinski definition) is 1. The van der Waals surface area contributed by atoms with Crippen molar-refractivity contribution in [2.75, 3.05) is 34.9 Å². The molecule has 6 nitrogen and oxygen atoms in total. The van der Waals surface area contributed by atoms with E-state index < -0.39 is 0 Å². The Kier molecular flexibility index (Phi) is 6.11. The summed E-state index contributed by atoms with van der Waals surface area (Å²) < 4.78 is 16.2. The molecule has 0 saturated carbocycles. The first-order chi connectivity index (χ1) is 9.53. The van der Waals surface area contributed by atoms with Crippen LogP contribution in [0.5, 0.6) is 17.2 Å². The van der Waals surface area contributed by atoms with Crippen molar-refractivity contribution in [1.82, 2.24) is 4.90 Å². The van der Waals surface area contributed by atoms with Crippen molar-refractivity contribution in [3.63, 3.8) is 0 Å². The summed E-state index contributed by atoms with van der Waals surface area (Å²) >= 11 is 0. The molecular weight excluding hydrogens is 260 g/mol. The molecule has 0 aliphatic rings. The maximum atomic E-state index is 11.5. The Morgan fingerprint density at radius 3 is 2.15 bits per heavy atom. The van der Waals surface area contributed by atoms with E-state index in [0.29, 0.717) is 23.8 Å². The summed E-state index contributed by atoms with van der Waals surface area (Å²) in [6.45, 7) is 0.637. The van der Waals surface area contributed by atoms with Crippen molar-refractivity contribution in [1.29, 1.82) is 0 Å². The second-order valence-electron chi connectivity index (χ2n) is 4.42. The van der Waals surface area contributed by atoms with E-state index in [0.717, 1.165) is 5.56 Å². The lowest BCUT2D eigenvalue weighted by molar-refractivity contribution is -0.129. The van der Waals surface area contributed by atoms with Gasteiger partial charge in [-0.05, 0) is 17.7 Å². The van der Waals surface area contributed by atoms with Gasteiger partial charge in [0.05, 0.1) is 27.2 Å². The molecule has 0 aliphatic heterocycles. The van der Waals surface area contributed by atoms with E-state index in [1.165, 1.54) is 4.90 Å². The highest BCUT2D eigenvalue weighted by Crippen LogP contribution is 2.38. The highest BCUT2D eigenvalue weighted by molar-refractivity contribution is 5.75. The van der Waals surface area contributed by atoms with Crippen LogP contribution < -0.4 is 19.9 Å². The first kappa shape index (κ1) is 16.1. The molecule has 1 aromatic carbocycles. The number of methoxy groups -OCH3 is 2. The SMILES string of the molecule is COc1cc(CN)cc(OC)c1OCCC(=O)N(C)C. The van der Waals surface area contributed by atoms with Crippen molar-refractivity contribution in [3.8, 4) is 17.2 Å². The molecule has 1 amide bonds. The number of carbonyl (C=O) groups excluding carboxylic acids is 1. The van der Waals surface area contributed by atoms with Gasteiger partial charge >= 0.3 is 0 Å². The van der Waals surface area contributed by atoms with Gasteiger partial charge in [0.15, 0.2) is 11.5 Å². The first-order valence-electron chi connectivity index (χ1n) is 6.31. The Labute approximate surface area is 119 Å². The first-order valence-corrected chi connectivity index (χ1v) is 6.31. The normalized spacial score (nSPS) is 10.1. The zero-order valence-corrected chi connectivity index (χ0v) is 12.4. The van der Waals surface area contributed by atoms with Gasteiger partial charge in [0.25, 0.3) is 0 Å². The molecule has 112 valence electrons. The minimum absolute atomic E-state index is 0.00140. The molecule has 0 heterocycles. The third-order valence-electron chi connectivity index (χ3n) is 2.82. The Hall–Kier alpha value is -1.95. The standard InChI is InChI=1S/C14H22N2O4/c1-16(2)13(17)5-6-20-14-11(18-3)7-10(9-15)8-12(14)19-4/h7-8H,5-6,9,15H2,1-4H3. The van der Waals surface area contributed by atoms with Crippen molar-refractivity contribution in [2.24, 2.45) is 5.73 Å². The molecule has 2 N–H and O–H groups in total. The fourth-order valence-corrected chi connectivity index (χ4v) is 1.66. The number of benzene rings is 1. The fourth-order valence-electron chi connectivity index (χ4n) is 1.66. The second-order valence-corrected chi connectivity index (χ2v) is 4.42. The molecule has 0 radical (unpaired) electrons. The molecule has 0 aromatic heterocycles. The Bertz CT molecular complexity index is 435. The fraction of sp³-hybridized carbons (Fsp3) is 0.500. The van der Waals surface area contributed by atoms with Crippen molar-refractivity contribution in [2.45, 2.75) is 13.0 Å². The predicted molar refractivity (Wildman–Crippen MR) is 76.2 cm³/mol. The number of carbonyl (C=O) groups is 1. The van der Waals surface area contributed by atoms with Gasteiger partial charge in [0.1, 0.15) is 0 Å². The van der Waals surface area contributed by atoms with Crippen LogP contribution in [-0.4, -0.2) is 45.7 Å². The van der Waals surface area contributed by atoms with Crippen LogP contribution in [0, 0.1) is 0 Å². The van der Waals surface area contributed by atoms with Gasteiger partial charge in [-0.15, -0.1) is 0 Å². The summed E-state index contributed by atoms with van der Waals surface area (Å²) in [5.74, 6) is 1.57. The van der Waals surface area contributed by atoms with Gasteiger partial charge in [-0.1, -0.05) is 0 Å². The minimum atomic E-state index is 0.00140. The molecule has 0 unspecified atom stereocenters. The molecule has 0 fully saturated rings. The number of nitrogens with zero attached hydrogens (tertiary/aromatic N) is 1. The lowest BCUT2D eigenvalue weighted by Gasteiger charge is -2.16. The van der Waals surface area contributed by atoms with Gasteiger partial charge in [-0.25, -0.2) is 0 Å². The maximum absolute atomic E-state index is 11.5. The molecular formula is C14H22N2O4. The summed E-state index contributed by atoms with van der Waals surface area (Å²) in [5, 5.41) is 0. The quantitative estimate of drug-likeness (QED) is 0.808. The minimum Gasteiger partial charge on any atom is -0.493 e. The van der Waals surface area contributed by atoms with Crippen molar-refractivity contribution >= 4 is 5.91 Å². The molecule has 1 aromatic rings. The smallest absolute Gasteiger partial charge is 0.225 e. The zero-order chi connectivity index (χ0) is 15.1. The third-order valence-corrected chi connectivity index (χ3v) is 2.82. The average Bonchev–Trinajstić information content (AvgIpc) is 2.46. The van der Waals surface area contributed by atoms with Gasteiger partial charge in [-0.2, -0.15) is 0 Å². The van der Waals surface area contributed by atoms with E-state index >= 15 is 0 Å². The monoisotopic (exact) mass is 282 g/mol. The summed E-state index contributed by atoms with van der Waals surface area (Å²) in [4.78, 5) is 13.0. The molecule has 0 saturated heterocycles. The highest BCUT2D eigenvalue weighted by atomic mass is 16.5. The Balaban J connectivity index is 2.84. The van der Waals surface area contributed by atoms with E-state index in [4.69, 9.17) is 19.9 Å². The van der Waals surface area contributed by atoms with E-state index in [2.05, 4.69) is 0 Å². The van der Waals surface area contributed by atoms with Crippen LogP contribution in [0.25, 0.3) is 0 Å². The van der Waals surface area contributed by atoms with Crippen LogP contribution in [-0.2, 0) is 11.3 Å². The summed E-state index contributed by atoms with van der Waals surface area (Å²) in [7, 11) is 6.51. The summed E-state index contributed by atoms with van der Waals surface area (Å²) in [6.07, 6.45) is 0.290. The predicted octanol–water partition coefficient (Wildman–Crippen LogP) is 1.02. The van der Waals surface area contributed by atoms with Gasteiger partial charge in [-0.3, -0.25) is 4.79 Å². The van der Waals surface area contributed by atoms with Crippen LogP contribution in [0.3, 0.4) is 0 Å². The number of hydrogen-bond acceptors (Lipinski definition) is 5. The van der Waals surface area contributed by atoms with Crippen molar-refractivity contribution in [3.05, 3.63) is 17.7 Å². The Morgan fingerprint density at radius 2 is 1.75 bits per heavy atom.